The molecule has 1 aromatic heterocycles. The van der Waals surface area contributed by atoms with Crippen LogP contribution in [0.4, 0.5) is 16.4 Å². The number of nitrogens with zero attached hydrogens (tertiary/aromatic N) is 4. The molecule has 1 fully saturated rings. The van der Waals surface area contributed by atoms with Gasteiger partial charge in [0.15, 0.2) is 22.5 Å². The van der Waals surface area contributed by atoms with E-state index in [1.54, 1.807) is 4.90 Å². The van der Waals surface area contributed by atoms with Crippen molar-refractivity contribution < 1.29 is 19.1 Å². The number of halogens is 1. The van der Waals surface area contributed by atoms with Gasteiger partial charge in [0, 0.05) is 45.1 Å². The first kappa shape index (κ1) is 38.5. The minimum atomic E-state index is -0.545. The van der Waals surface area contributed by atoms with E-state index in [2.05, 4.69) is 45.6 Å². The molecule has 2 aliphatic rings. The van der Waals surface area contributed by atoms with E-state index in [9.17, 15) is 14.4 Å². The number of carbonyl (C=O) groups excluding carboxylic acids is 3. The number of hydrogen-bond donors (Lipinski definition) is 4. The molecule has 1 aliphatic heterocycles. The monoisotopic (exact) mass is 752 g/mol. The number of ether oxygens (including phenoxy) is 1. The average Bonchev–Trinajstić information content (AvgIpc) is 3.50. The molecule has 13 heteroatoms. The van der Waals surface area contributed by atoms with E-state index in [0.29, 0.717) is 52.0 Å². The Morgan fingerprint density at radius 1 is 0.944 bits per heavy atom. The van der Waals surface area contributed by atoms with E-state index < -0.39 is 12.0 Å². The number of nitrogens with two attached hydrogens (primary N) is 3. The third kappa shape index (κ3) is 9.11. The first-order valence-electron chi connectivity index (χ1n) is 18.6. The van der Waals surface area contributed by atoms with Crippen molar-refractivity contribution in [1.82, 2.24) is 25.1 Å². The minimum absolute atomic E-state index is 0.0624. The molecule has 0 spiro atoms. The molecular weight excluding hydrogens is 704 g/mol. The van der Waals surface area contributed by atoms with Crippen LogP contribution in [-0.4, -0.2) is 83.6 Å². The van der Waals surface area contributed by atoms with Crippen LogP contribution in [0.1, 0.15) is 64.3 Å². The molecule has 284 valence electrons. The number of piperidine rings is 1. The number of nitrogen functional groups attached to an aromatic ring is 2. The first-order valence-corrected chi connectivity index (χ1v) is 19.0. The van der Waals surface area contributed by atoms with E-state index in [0.717, 1.165) is 46.2 Å². The molecule has 0 saturated carbocycles. The van der Waals surface area contributed by atoms with Crippen LogP contribution < -0.4 is 22.5 Å². The number of nitrogens with one attached hydrogen (secondary N) is 1. The highest BCUT2D eigenvalue weighted by Crippen LogP contribution is 2.44. The molecule has 6 rings (SSSR count). The van der Waals surface area contributed by atoms with Gasteiger partial charge in [0.1, 0.15) is 6.61 Å². The van der Waals surface area contributed by atoms with Crippen molar-refractivity contribution in [3.63, 3.8) is 0 Å². The van der Waals surface area contributed by atoms with Gasteiger partial charge in [-0.2, -0.15) is 0 Å². The van der Waals surface area contributed by atoms with E-state index in [4.69, 9.17) is 33.5 Å². The maximum absolute atomic E-state index is 14.3. The molecule has 3 amide bonds. The lowest BCUT2D eigenvalue weighted by Crippen LogP contribution is -2.46. The minimum Gasteiger partial charge on any atom is -0.448 e. The lowest BCUT2D eigenvalue weighted by Gasteiger charge is -2.36. The summed E-state index contributed by atoms with van der Waals surface area (Å²) >= 11 is 6.08. The Morgan fingerprint density at radius 2 is 1.59 bits per heavy atom. The Bertz CT molecular complexity index is 1920. The maximum Gasteiger partial charge on any atom is 0.409 e. The summed E-state index contributed by atoms with van der Waals surface area (Å²) in [6.45, 7) is 4.93. The normalized spacial score (nSPS) is 14.6. The van der Waals surface area contributed by atoms with Crippen molar-refractivity contribution in [2.75, 3.05) is 57.3 Å². The van der Waals surface area contributed by atoms with Crippen molar-refractivity contribution >= 4 is 41.1 Å². The summed E-state index contributed by atoms with van der Waals surface area (Å²) in [5, 5.41) is 2.84. The predicted molar refractivity (Wildman–Crippen MR) is 211 cm³/mol. The van der Waals surface area contributed by atoms with E-state index >= 15 is 0 Å². The summed E-state index contributed by atoms with van der Waals surface area (Å²) in [5.41, 5.74) is 24.0. The third-order valence-electron chi connectivity index (χ3n) is 10.6. The summed E-state index contributed by atoms with van der Waals surface area (Å²) in [4.78, 5) is 52.1. The summed E-state index contributed by atoms with van der Waals surface area (Å²) in [5.74, 6) is -0.765. The SMILES string of the molecule is Cc1ccccc1C[C@@H](CNC(=O)c1nc(Cl)c(N)nc1N)CN(CC1CCN(C(=O)CCCN)CC1)C(=O)OCC1c2ccccc2-c2ccccc21. The predicted octanol–water partition coefficient (Wildman–Crippen LogP) is 5.42. The van der Waals surface area contributed by atoms with Crippen LogP contribution in [0.25, 0.3) is 11.1 Å². The number of aryl methyl sites for hydroxylation is 1. The molecule has 4 aromatic rings. The van der Waals surface area contributed by atoms with Crippen molar-refractivity contribution in [1.29, 1.82) is 0 Å². The Hall–Kier alpha value is -5.20. The first-order chi connectivity index (χ1) is 26.1. The van der Waals surface area contributed by atoms with Crippen LogP contribution >= 0.6 is 11.6 Å². The quantitative estimate of drug-likeness (QED) is 0.131. The number of benzene rings is 3. The molecular formula is C41H49ClN8O4. The van der Waals surface area contributed by atoms with Crippen molar-refractivity contribution in [2.24, 2.45) is 17.6 Å². The molecule has 1 saturated heterocycles. The Kier molecular flexibility index (Phi) is 12.7. The molecule has 1 aliphatic carbocycles. The molecule has 0 unspecified atom stereocenters. The smallest absolute Gasteiger partial charge is 0.409 e. The van der Waals surface area contributed by atoms with Crippen LogP contribution in [0.3, 0.4) is 0 Å². The summed E-state index contributed by atoms with van der Waals surface area (Å²) in [7, 11) is 0. The standard InChI is InChI=1S/C41H49ClN8O4/c1-26-9-2-3-10-29(26)21-28(22-46-40(52)36-38(44)48-39(45)37(42)47-36)24-50(23-27-16-19-49(20-17-27)35(51)15-8-18-43)41(53)54-25-34-32-13-6-4-11-30(32)31-12-5-7-14-33(31)34/h2-7,9-14,27-28,34H,8,15-25,43H2,1H3,(H,46,52)(H4,44,45,48)/t28-/m0/s1. The fraction of sp³-hybridized carbons (Fsp3) is 0.390. The van der Waals surface area contributed by atoms with Gasteiger partial charge in [0.05, 0.1) is 0 Å². The molecule has 7 N–H and O–H groups in total. The topological polar surface area (TPSA) is 183 Å². The summed E-state index contributed by atoms with van der Waals surface area (Å²) < 4.78 is 6.22. The Labute approximate surface area is 321 Å². The second-order valence-corrected chi connectivity index (χ2v) is 14.6. The molecule has 0 bridgehead atoms. The molecule has 12 nitrogen and oxygen atoms in total. The van der Waals surface area contributed by atoms with Crippen LogP contribution in [0.15, 0.2) is 72.8 Å². The van der Waals surface area contributed by atoms with E-state index in [-0.39, 0.29) is 59.3 Å². The number of fused-ring (bicyclic) bond motifs is 3. The third-order valence-corrected chi connectivity index (χ3v) is 10.8. The second-order valence-electron chi connectivity index (χ2n) is 14.3. The highest BCUT2D eigenvalue weighted by Gasteiger charge is 2.32. The second kappa shape index (κ2) is 17.7. The van der Waals surface area contributed by atoms with Gasteiger partial charge in [-0.1, -0.05) is 84.4 Å². The van der Waals surface area contributed by atoms with Crippen LogP contribution in [0.2, 0.25) is 5.15 Å². The Balaban J connectivity index is 1.22. The number of rotatable bonds is 14. The van der Waals surface area contributed by atoms with Crippen molar-refractivity contribution in [3.05, 3.63) is 106 Å². The molecule has 3 aromatic carbocycles. The van der Waals surface area contributed by atoms with Gasteiger partial charge in [-0.15, -0.1) is 0 Å². The van der Waals surface area contributed by atoms with Crippen LogP contribution in [0, 0.1) is 18.8 Å². The summed E-state index contributed by atoms with van der Waals surface area (Å²) in [6.07, 6.45) is 2.79. The zero-order chi connectivity index (χ0) is 38.2. The van der Waals surface area contributed by atoms with Gasteiger partial charge in [-0.3, -0.25) is 9.59 Å². The number of amides is 3. The summed E-state index contributed by atoms with van der Waals surface area (Å²) in [6, 6.07) is 24.6. The Morgan fingerprint density at radius 3 is 2.26 bits per heavy atom. The zero-order valence-corrected chi connectivity index (χ0v) is 31.4. The van der Waals surface area contributed by atoms with Gasteiger partial charge in [-0.25, -0.2) is 14.8 Å². The number of likely N-dealkylation sites (tertiary alicyclic amines) is 1. The van der Waals surface area contributed by atoms with Crippen LogP contribution in [0.5, 0.6) is 0 Å². The number of anilines is 2. The van der Waals surface area contributed by atoms with E-state index in [1.807, 2.05) is 54.3 Å². The number of aromatic nitrogens is 2. The fourth-order valence-electron chi connectivity index (χ4n) is 7.59. The number of hydrogen-bond acceptors (Lipinski definition) is 9. The molecule has 0 radical (unpaired) electrons. The highest BCUT2D eigenvalue weighted by molar-refractivity contribution is 6.31. The van der Waals surface area contributed by atoms with E-state index in [1.165, 1.54) is 0 Å². The van der Waals surface area contributed by atoms with Gasteiger partial charge in [0.2, 0.25) is 5.91 Å². The maximum atomic E-state index is 14.3. The largest absolute Gasteiger partial charge is 0.448 e. The van der Waals surface area contributed by atoms with Gasteiger partial charge < -0.3 is 37.1 Å². The van der Waals surface area contributed by atoms with Crippen molar-refractivity contribution in [3.8, 4) is 11.1 Å². The molecule has 54 heavy (non-hydrogen) atoms. The highest BCUT2D eigenvalue weighted by atomic mass is 35.5. The van der Waals surface area contributed by atoms with Crippen LogP contribution in [-0.2, 0) is 16.0 Å². The lowest BCUT2D eigenvalue weighted by molar-refractivity contribution is -0.132. The average molecular weight is 753 g/mol. The van der Waals surface area contributed by atoms with Gasteiger partial charge in [-0.05, 0) is 84.4 Å². The van der Waals surface area contributed by atoms with Crippen molar-refractivity contribution in [2.45, 2.75) is 44.9 Å². The zero-order valence-electron chi connectivity index (χ0n) is 30.7. The molecule has 1 atom stereocenters. The van der Waals surface area contributed by atoms with Gasteiger partial charge in [0.25, 0.3) is 5.91 Å². The molecule has 2 heterocycles. The number of carbonyl (C=O) groups is 3. The lowest BCUT2D eigenvalue weighted by atomic mass is 9.93. The van der Waals surface area contributed by atoms with Gasteiger partial charge >= 0.3 is 6.09 Å². The fourth-order valence-corrected chi connectivity index (χ4v) is 7.72.